The van der Waals surface area contributed by atoms with Crippen molar-refractivity contribution in [3.05, 3.63) is 29.8 Å². The molecule has 8 nitrogen and oxygen atoms in total. The predicted octanol–water partition coefficient (Wildman–Crippen LogP) is 2.25. The molecule has 1 amide bonds. The Bertz CT molecular complexity index is 734. The van der Waals surface area contributed by atoms with Crippen LogP contribution in [-0.4, -0.2) is 88.3 Å². The Balaban J connectivity index is 0.00000363. The van der Waals surface area contributed by atoms with E-state index >= 15 is 0 Å². The summed E-state index contributed by atoms with van der Waals surface area (Å²) in [6.07, 6.45) is 4.78. The molecule has 2 unspecified atom stereocenters. The minimum Gasteiger partial charge on any atom is -0.497 e. The number of halogens is 1. The zero-order valence-corrected chi connectivity index (χ0v) is 21.8. The van der Waals surface area contributed by atoms with Crippen LogP contribution in [-0.2, 0) is 9.53 Å². The van der Waals surface area contributed by atoms with E-state index in [0.29, 0.717) is 19.0 Å². The van der Waals surface area contributed by atoms with Crippen LogP contribution >= 0.6 is 24.0 Å². The average Bonchev–Trinajstić information content (AvgIpc) is 3.49. The molecular weight excluding hydrogens is 521 g/mol. The van der Waals surface area contributed by atoms with Crippen molar-refractivity contribution >= 4 is 35.8 Å². The number of hydrogen-bond donors (Lipinski definition) is 2. The van der Waals surface area contributed by atoms with Crippen LogP contribution < -0.4 is 15.4 Å². The summed E-state index contributed by atoms with van der Waals surface area (Å²) in [6, 6.07) is 8.48. The first-order valence-electron chi connectivity index (χ1n) is 11.3. The number of amides is 1. The van der Waals surface area contributed by atoms with E-state index in [9.17, 15) is 4.79 Å². The van der Waals surface area contributed by atoms with Gasteiger partial charge in [-0.05, 0) is 56.5 Å². The number of nitrogens with one attached hydrogen (secondary N) is 2. The molecule has 0 saturated carbocycles. The van der Waals surface area contributed by atoms with E-state index in [2.05, 4.69) is 32.7 Å². The standard InChI is InChI=1S/C23H37N5O3.HI/c1-27(2)22(29)17-26-23(24-15-20-10-7-13-31-20)25-16-21(28-11-4-5-12-28)18-8-6-9-19(14-18)30-3;/h6,8-9,14,20-21H,4-5,7,10-13,15-17H2,1-3H3,(H2,24,25,26);1H. The fraction of sp³-hybridized carbons (Fsp3) is 0.652. The number of benzene rings is 1. The van der Waals surface area contributed by atoms with Crippen LogP contribution in [0.25, 0.3) is 0 Å². The predicted molar refractivity (Wildman–Crippen MR) is 138 cm³/mol. The minimum absolute atomic E-state index is 0. The Hall–Kier alpha value is -1.59. The molecule has 180 valence electrons. The number of guanidine groups is 1. The van der Waals surface area contributed by atoms with Gasteiger partial charge in [-0.2, -0.15) is 0 Å². The third-order valence-electron chi connectivity index (χ3n) is 5.92. The second kappa shape index (κ2) is 13.8. The second-order valence-corrected chi connectivity index (χ2v) is 8.39. The van der Waals surface area contributed by atoms with Crippen molar-refractivity contribution < 1.29 is 14.3 Å². The first kappa shape index (κ1) is 26.7. The van der Waals surface area contributed by atoms with Gasteiger partial charge < -0.3 is 25.0 Å². The summed E-state index contributed by atoms with van der Waals surface area (Å²) in [6.45, 7) is 4.48. The second-order valence-electron chi connectivity index (χ2n) is 8.39. The summed E-state index contributed by atoms with van der Waals surface area (Å²) in [7, 11) is 5.19. The van der Waals surface area contributed by atoms with Crippen molar-refractivity contribution in [1.29, 1.82) is 0 Å². The Kier molecular flexibility index (Phi) is 11.5. The first-order valence-corrected chi connectivity index (χ1v) is 11.3. The van der Waals surface area contributed by atoms with E-state index in [0.717, 1.165) is 38.3 Å². The van der Waals surface area contributed by atoms with Gasteiger partial charge in [0.25, 0.3) is 0 Å². The lowest BCUT2D eigenvalue weighted by Crippen LogP contribution is -2.45. The van der Waals surface area contributed by atoms with Crippen molar-refractivity contribution in [2.45, 2.75) is 37.8 Å². The number of methoxy groups -OCH3 is 1. The number of hydrogen-bond acceptors (Lipinski definition) is 5. The third kappa shape index (κ3) is 8.08. The molecule has 0 bridgehead atoms. The van der Waals surface area contributed by atoms with Crippen molar-refractivity contribution in [3.8, 4) is 5.75 Å². The highest BCUT2D eigenvalue weighted by atomic mass is 127. The van der Waals surface area contributed by atoms with Gasteiger partial charge >= 0.3 is 0 Å². The fourth-order valence-electron chi connectivity index (χ4n) is 4.03. The number of nitrogens with zero attached hydrogens (tertiary/aromatic N) is 3. The molecule has 3 rings (SSSR count). The summed E-state index contributed by atoms with van der Waals surface area (Å²) < 4.78 is 11.2. The summed E-state index contributed by atoms with van der Waals surface area (Å²) in [5.41, 5.74) is 1.22. The molecule has 1 aromatic carbocycles. The average molecular weight is 559 g/mol. The van der Waals surface area contributed by atoms with Gasteiger partial charge in [-0.3, -0.25) is 9.69 Å². The number of rotatable bonds is 9. The molecule has 2 N–H and O–H groups in total. The van der Waals surface area contributed by atoms with Gasteiger partial charge in [-0.15, -0.1) is 24.0 Å². The van der Waals surface area contributed by atoms with Gasteiger partial charge in [0, 0.05) is 33.8 Å². The van der Waals surface area contributed by atoms with Crippen LogP contribution in [0.1, 0.15) is 37.3 Å². The van der Waals surface area contributed by atoms with Crippen molar-refractivity contribution in [2.75, 3.05) is 60.5 Å². The van der Waals surface area contributed by atoms with Gasteiger partial charge in [0.05, 0.1) is 19.3 Å². The van der Waals surface area contributed by atoms with E-state index < -0.39 is 0 Å². The molecule has 2 atom stereocenters. The number of ether oxygens (including phenoxy) is 2. The Morgan fingerprint density at radius 1 is 1.28 bits per heavy atom. The molecule has 2 aliphatic rings. The number of carbonyl (C=O) groups excluding carboxylic acids is 1. The Labute approximate surface area is 209 Å². The Morgan fingerprint density at radius 3 is 2.72 bits per heavy atom. The van der Waals surface area contributed by atoms with Gasteiger partial charge in [0.15, 0.2) is 5.96 Å². The maximum atomic E-state index is 12.1. The highest BCUT2D eigenvalue weighted by Gasteiger charge is 2.24. The van der Waals surface area contributed by atoms with Gasteiger partial charge in [0.2, 0.25) is 5.91 Å². The molecule has 1 aromatic rings. The number of likely N-dealkylation sites (tertiary alicyclic amines) is 1. The lowest BCUT2D eigenvalue weighted by atomic mass is 10.1. The van der Waals surface area contributed by atoms with Crippen molar-refractivity contribution in [3.63, 3.8) is 0 Å². The molecule has 0 radical (unpaired) electrons. The maximum Gasteiger partial charge on any atom is 0.243 e. The quantitative estimate of drug-likeness (QED) is 0.275. The SMILES string of the molecule is COc1cccc(C(CNC(=NCC(=O)N(C)C)NCC2CCCO2)N2CCCC2)c1.I. The summed E-state index contributed by atoms with van der Waals surface area (Å²) in [5, 5.41) is 6.86. The first-order chi connectivity index (χ1) is 15.1. The highest BCUT2D eigenvalue weighted by Crippen LogP contribution is 2.27. The van der Waals surface area contributed by atoms with Gasteiger partial charge in [0.1, 0.15) is 12.3 Å². The largest absolute Gasteiger partial charge is 0.497 e. The van der Waals surface area contributed by atoms with Crippen LogP contribution in [0.4, 0.5) is 0 Å². The van der Waals surface area contributed by atoms with Crippen LogP contribution in [0, 0.1) is 0 Å². The highest BCUT2D eigenvalue weighted by molar-refractivity contribution is 14.0. The molecule has 9 heteroatoms. The monoisotopic (exact) mass is 559 g/mol. The van der Waals surface area contributed by atoms with Gasteiger partial charge in [-0.25, -0.2) is 4.99 Å². The van der Waals surface area contributed by atoms with E-state index in [4.69, 9.17) is 9.47 Å². The van der Waals surface area contributed by atoms with E-state index in [1.54, 1.807) is 26.1 Å². The Morgan fingerprint density at radius 2 is 2.06 bits per heavy atom. The van der Waals surface area contributed by atoms with E-state index in [1.165, 1.54) is 18.4 Å². The topological polar surface area (TPSA) is 78.4 Å². The van der Waals surface area contributed by atoms with Gasteiger partial charge in [-0.1, -0.05) is 12.1 Å². The number of carbonyl (C=O) groups is 1. The third-order valence-corrected chi connectivity index (χ3v) is 5.92. The molecule has 2 saturated heterocycles. The lowest BCUT2D eigenvalue weighted by molar-refractivity contribution is -0.127. The maximum absolute atomic E-state index is 12.1. The van der Waals surface area contributed by atoms with Crippen LogP contribution in [0.5, 0.6) is 5.75 Å². The molecule has 2 fully saturated rings. The molecule has 0 spiro atoms. The zero-order chi connectivity index (χ0) is 22.1. The van der Waals surface area contributed by atoms with Crippen molar-refractivity contribution in [2.24, 2.45) is 4.99 Å². The van der Waals surface area contributed by atoms with Crippen molar-refractivity contribution in [1.82, 2.24) is 20.4 Å². The minimum atomic E-state index is -0.0258. The normalized spacial score (nSPS) is 19.8. The van der Waals surface area contributed by atoms with Crippen LogP contribution in [0.3, 0.4) is 0 Å². The molecule has 2 heterocycles. The smallest absolute Gasteiger partial charge is 0.243 e. The van der Waals surface area contributed by atoms with E-state index in [-0.39, 0.29) is 48.6 Å². The molecule has 0 aliphatic carbocycles. The lowest BCUT2D eigenvalue weighted by Gasteiger charge is -2.29. The summed E-state index contributed by atoms with van der Waals surface area (Å²) in [5.74, 6) is 1.49. The molecule has 32 heavy (non-hydrogen) atoms. The zero-order valence-electron chi connectivity index (χ0n) is 19.5. The number of likely N-dealkylation sites (N-methyl/N-ethyl adjacent to an activating group) is 1. The number of aliphatic imine (C=N–C) groups is 1. The molecule has 0 aromatic heterocycles. The fourth-order valence-corrected chi connectivity index (χ4v) is 4.03. The summed E-state index contributed by atoms with van der Waals surface area (Å²) in [4.78, 5) is 20.7. The van der Waals surface area contributed by atoms with Crippen LogP contribution in [0.15, 0.2) is 29.3 Å². The van der Waals surface area contributed by atoms with Crippen LogP contribution in [0.2, 0.25) is 0 Å². The summed E-state index contributed by atoms with van der Waals surface area (Å²) >= 11 is 0. The molecule has 2 aliphatic heterocycles. The molecular formula is C23H38IN5O3. The van der Waals surface area contributed by atoms with E-state index in [1.807, 2.05) is 12.1 Å².